The Morgan fingerprint density at radius 3 is 2.71 bits per heavy atom. The summed E-state index contributed by atoms with van der Waals surface area (Å²) < 4.78 is 0. The molecule has 0 atom stereocenters. The summed E-state index contributed by atoms with van der Waals surface area (Å²) in [6.45, 7) is 0.830. The predicted octanol–water partition coefficient (Wildman–Crippen LogP) is 1.61. The van der Waals surface area contributed by atoms with E-state index in [-0.39, 0.29) is 5.54 Å². The van der Waals surface area contributed by atoms with Crippen LogP contribution in [0.4, 0.5) is 11.6 Å². The van der Waals surface area contributed by atoms with Gasteiger partial charge in [0, 0.05) is 12.1 Å². The third-order valence-electron chi connectivity index (χ3n) is 3.63. The van der Waals surface area contributed by atoms with E-state index in [1.165, 1.54) is 25.6 Å². The predicted molar refractivity (Wildman–Crippen MR) is 70.2 cm³/mol. The minimum absolute atomic E-state index is 0.225. The molecule has 1 heterocycles. The van der Waals surface area contributed by atoms with Crippen molar-refractivity contribution in [2.24, 2.45) is 0 Å². The molecule has 0 radical (unpaired) electrons. The number of nitrogen functional groups attached to an aromatic ring is 1. The molecule has 0 spiro atoms. The second kappa shape index (κ2) is 4.66. The van der Waals surface area contributed by atoms with E-state index in [1.807, 2.05) is 0 Å². The van der Waals surface area contributed by atoms with Crippen LogP contribution < -0.4 is 11.1 Å². The van der Waals surface area contributed by atoms with Gasteiger partial charge in [-0.05, 0) is 33.4 Å². The first kappa shape index (κ1) is 12.4. The van der Waals surface area contributed by atoms with Crippen LogP contribution in [0.2, 0.25) is 5.02 Å². The number of nitrogens with zero attached hydrogens (tertiary/aromatic N) is 3. The fraction of sp³-hybridized carbons (Fsp3) is 0.636. The van der Waals surface area contributed by atoms with Crippen LogP contribution in [0.25, 0.3) is 0 Å². The van der Waals surface area contributed by atoms with Gasteiger partial charge in [0.25, 0.3) is 0 Å². The highest BCUT2D eigenvalue weighted by molar-refractivity contribution is 6.35. The van der Waals surface area contributed by atoms with E-state index in [0.717, 1.165) is 6.54 Å². The highest BCUT2D eigenvalue weighted by Gasteiger charge is 2.38. The Morgan fingerprint density at radius 1 is 1.47 bits per heavy atom. The lowest BCUT2D eigenvalue weighted by Crippen LogP contribution is -2.54. The summed E-state index contributed by atoms with van der Waals surface area (Å²) in [5, 5.41) is 3.68. The van der Waals surface area contributed by atoms with Crippen LogP contribution in [0.3, 0.4) is 0 Å². The van der Waals surface area contributed by atoms with Crippen LogP contribution in [0.15, 0.2) is 6.33 Å². The first-order chi connectivity index (χ1) is 8.05. The molecule has 0 amide bonds. The highest BCUT2D eigenvalue weighted by Crippen LogP contribution is 2.36. The van der Waals surface area contributed by atoms with Gasteiger partial charge in [-0.2, -0.15) is 0 Å². The molecular formula is C11H18ClN5. The van der Waals surface area contributed by atoms with Crippen LogP contribution in [0.1, 0.15) is 19.3 Å². The molecule has 0 aliphatic heterocycles. The molecule has 94 valence electrons. The van der Waals surface area contributed by atoms with Crippen molar-refractivity contribution < 1.29 is 0 Å². The van der Waals surface area contributed by atoms with Crippen molar-refractivity contribution >= 4 is 23.2 Å². The maximum Gasteiger partial charge on any atom is 0.150 e. The maximum absolute atomic E-state index is 6.04. The molecule has 2 rings (SSSR count). The summed E-state index contributed by atoms with van der Waals surface area (Å²) in [5.41, 5.74) is 5.86. The summed E-state index contributed by atoms with van der Waals surface area (Å²) in [6, 6.07) is 0. The molecular weight excluding hydrogens is 238 g/mol. The normalized spacial score (nSPS) is 17.9. The Labute approximate surface area is 106 Å². The standard InChI is InChI=1S/C11H18ClN5/c1-17(2)11(4-3-5-11)6-14-10-8(12)9(13)15-7-16-10/h7H,3-6H2,1-2H3,(H3,13,14,15,16). The van der Waals surface area contributed by atoms with Crippen LogP contribution >= 0.6 is 11.6 Å². The first-order valence-corrected chi connectivity index (χ1v) is 6.10. The third kappa shape index (κ3) is 2.30. The lowest BCUT2D eigenvalue weighted by molar-refractivity contribution is 0.0738. The zero-order valence-electron chi connectivity index (χ0n) is 10.2. The number of aromatic nitrogens is 2. The number of hydrogen-bond acceptors (Lipinski definition) is 5. The first-order valence-electron chi connectivity index (χ1n) is 5.72. The Morgan fingerprint density at radius 2 is 2.18 bits per heavy atom. The summed E-state index contributed by atoms with van der Waals surface area (Å²) in [5.74, 6) is 0.934. The minimum atomic E-state index is 0.225. The van der Waals surface area contributed by atoms with E-state index >= 15 is 0 Å². The molecule has 5 nitrogen and oxygen atoms in total. The second-order valence-electron chi connectivity index (χ2n) is 4.75. The number of anilines is 2. The van der Waals surface area contributed by atoms with Crippen LogP contribution in [0.5, 0.6) is 0 Å². The van der Waals surface area contributed by atoms with Gasteiger partial charge in [-0.25, -0.2) is 9.97 Å². The van der Waals surface area contributed by atoms with E-state index in [9.17, 15) is 0 Å². The van der Waals surface area contributed by atoms with Gasteiger partial charge in [-0.1, -0.05) is 11.6 Å². The SMILES string of the molecule is CN(C)C1(CNc2ncnc(N)c2Cl)CCC1. The Kier molecular flexibility index (Phi) is 3.40. The average molecular weight is 256 g/mol. The van der Waals surface area contributed by atoms with Crippen molar-refractivity contribution in [1.29, 1.82) is 0 Å². The number of halogens is 1. The largest absolute Gasteiger partial charge is 0.382 e. The molecule has 1 aliphatic rings. The molecule has 0 aromatic carbocycles. The lowest BCUT2D eigenvalue weighted by Gasteiger charge is -2.47. The maximum atomic E-state index is 6.04. The minimum Gasteiger partial charge on any atom is -0.382 e. The molecule has 17 heavy (non-hydrogen) atoms. The fourth-order valence-corrected chi connectivity index (χ4v) is 2.29. The summed E-state index contributed by atoms with van der Waals surface area (Å²) in [4.78, 5) is 10.2. The van der Waals surface area contributed by atoms with Gasteiger partial charge in [-0.3, -0.25) is 0 Å². The van der Waals surface area contributed by atoms with Crippen LogP contribution in [-0.4, -0.2) is 41.0 Å². The zero-order valence-corrected chi connectivity index (χ0v) is 11.0. The highest BCUT2D eigenvalue weighted by atomic mass is 35.5. The Bertz CT molecular complexity index is 403. The molecule has 1 aliphatic carbocycles. The summed E-state index contributed by atoms with van der Waals surface area (Å²) >= 11 is 6.04. The van der Waals surface area contributed by atoms with Crippen LogP contribution in [-0.2, 0) is 0 Å². The van der Waals surface area contributed by atoms with Gasteiger partial charge in [-0.15, -0.1) is 0 Å². The third-order valence-corrected chi connectivity index (χ3v) is 4.01. The van der Waals surface area contributed by atoms with Crippen molar-refractivity contribution in [3.05, 3.63) is 11.3 Å². The fourth-order valence-electron chi connectivity index (χ4n) is 2.12. The van der Waals surface area contributed by atoms with Crippen molar-refractivity contribution in [3.63, 3.8) is 0 Å². The van der Waals surface area contributed by atoms with E-state index in [2.05, 4.69) is 34.3 Å². The van der Waals surface area contributed by atoms with E-state index < -0.39 is 0 Å². The van der Waals surface area contributed by atoms with Crippen molar-refractivity contribution in [3.8, 4) is 0 Å². The van der Waals surface area contributed by atoms with Crippen molar-refractivity contribution in [2.75, 3.05) is 31.7 Å². The topological polar surface area (TPSA) is 67.1 Å². The molecule has 3 N–H and O–H groups in total. The second-order valence-corrected chi connectivity index (χ2v) is 5.13. The Balaban J connectivity index is 2.04. The van der Waals surface area contributed by atoms with Crippen LogP contribution in [0, 0.1) is 0 Å². The molecule has 6 heteroatoms. The number of likely N-dealkylation sites (N-methyl/N-ethyl adjacent to an activating group) is 1. The van der Waals surface area contributed by atoms with E-state index in [1.54, 1.807) is 0 Å². The van der Waals surface area contributed by atoms with E-state index in [4.69, 9.17) is 17.3 Å². The summed E-state index contributed by atoms with van der Waals surface area (Å²) in [7, 11) is 4.22. The molecule has 0 bridgehead atoms. The average Bonchev–Trinajstić information content (AvgIpc) is 2.22. The van der Waals surface area contributed by atoms with Gasteiger partial charge < -0.3 is 16.0 Å². The zero-order chi connectivity index (χ0) is 12.5. The van der Waals surface area contributed by atoms with Gasteiger partial charge in [0.05, 0.1) is 0 Å². The van der Waals surface area contributed by atoms with Gasteiger partial charge in [0.15, 0.2) is 5.82 Å². The van der Waals surface area contributed by atoms with Crippen molar-refractivity contribution in [2.45, 2.75) is 24.8 Å². The molecule has 0 saturated heterocycles. The number of rotatable bonds is 4. The number of hydrogen-bond donors (Lipinski definition) is 2. The lowest BCUT2D eigenvalue weighted by atomic mass is 9.75. The Hall–Kier alpha value is -1.07. The monoisotopic (exact) mass is 255 g/mol. The smallest absolute Gasteiger partial charge is 0.150 e. The molecule has 1 aromatic rings. The van der Waals surface area contributed by atoms with E-state index in [0.29, 0.717) is 16.7 Å². The molecule has 1 fully saturated rings. The van der Waals surface area contributed by atoms with Gasteiger partial charge >= 0.3 is 0 Å². The number of nitrogens with one attached hydrogen (secondary N) is 1. The quantitative estimate of drug-likeness (QED) is 0.856. The van der Waals surface area contributed by atoms with Crippen molar-refractivity contribution in [1.82, 2.24) is 14.9 Å². The molecule has 0 unspecified atom stereocenters. The molecule has 1 aromatic heterocycles. The van der Waals surface area contributed by atoms with Gasteiger partial charge in [0.1, 0.15) is 17.2 Å². The van der Waals surface area contributed by atoms with Gasteiger partial charge in [0.2, 0.25) is 0 Å². The molecule has 1 saturated carbocycles. The summed E-state index contributed by atoms with van der Waals surface area (Å²) in [6.07, 6.45) is 5.10. The number of nitrogens with two attached hydrogens (primary N) is 1.